The number of rotatable bonds is 56. The van der Waals surface area contributed by atoms with Crippen molar-refractivity contribution in [1.29, 1.82) is 0 Å². The van der Waals surface area contributed by atoms with Crippen LogP contribution in [0.5, 0.6) is 0 Å². The molecule has 0 amide bonds. The van der Waals surface area contributed by atoms with Crippen LogP contribution in [-0.2, 0) is 19.1 Å². The molecule has 72 heavy (non-hydrogen) atoms. The maximum Gasteiger partial charge on any atom is 0.306 e. The molecule has 1 atom stereocenters. The molecule has 5 heteroatoms. The molecule has 0 aromatic carbocycles. The molecule has 0 spiro atoms. The van der Waals surface area contributed by atoms with E-state index in [1.54, 1.807) is 0 Å². The Morgan fingerprint density at radius 2 is 0.597 bits per heavy atom. The molecule has 0 rings (SSSR count). The minimum atomic E-state index is -0.779. The normalized spacial score (nSPS) is 12.9. The number of hydrogen-bond acceptors (Lipinski definition) is 5. The van der Waals surface area contributed by atoms with Crippen LogP contribution in [0.1, 0.15) is 296 Å². The Labute approximate surface area is 447 Å². The molecule has 0 aromatic rings. The summed E-state index contributed by atoms with van der Waals surface area (Å²) in [5.74, 6) is -0.587. The molecule has 0 aliphatic heterocycles. The lowest BCUT2D eigenvalue weighted by molar-refractivity contribution is -0.161. The minimum Gasteiger partial charge on any atom is -0.462 e. The number of carbonyl (C=O) groups excluding carboxylic acids is 2. The smallest absolute Gasteiger partial charge is 0.306 e. The van der Waals surface area contributed by atoms with Crippen molar-refractivity contribution in [2.45, 2.75) is 302 Å². The van der Waals surface area contributed by atoms with Crippen molar-refractivity contribution >= 4 is 11.9 Å². The van der Waals surface area contributed by atoms with Gasteiger partial charge in [0.25, 0.3) is 0 Å². The van der Waals surface area contributed by atoms with Gasteiger partial charge in [-0.25, -0.2) is 0 Å². The monoisotopic (exact) mass is 1000 g/mol. The quantitative estimate of drug-likeness (QED) is 0.0373. The van der Waals surface area contributed by atoms with E-state index in [4.69, 9.17) is 9.47 Å². The number of aliphatic hydroxyl groups excluding tert-OH is 1. The van der Waals surface area contributed by atoms with E-state index in [-0.39, 0.29) is 25.2 Å². The highest BCUT2D eigenvalue weighted by atomic mass is 16.6. The van der Waals surface area contributed by atoms with Crippen LogP contribution in [0.4, 0.5) is 0 Å². The lowest BCUT2D eigenvalue weighted by Crippen LogP contribution is -2.28. The third-order valence-corrected chi connectivity index (χ3v) is 13.4. The summed E-state index contributed by atoms with van der Waals surface area (Å²) in [6, 6.07) is 0. The molecule has 0 bridgehead atoms. The van der Waals surface area contributed by atoms with E-state index in [2.05, 4.69) is 111 Å². The van der Waals surface area contributed by atoms with Gasteiger partial charge in [0.2, 0.25) is 0 Å². The van der Waals surface area contributed by atoms with Crippen LogP contribution in [0.25, 0.3) is 0 Å². The van der Waals surface area contributed by atoms with E-state index in [1.165, 1.54) is 180 Å². The number of aliphatic hydroxyl groups is 1. The van der Waals surface area contributed by atoms with Gasteiger partial charge in [0.15, 0.2) is 6.10 Å². The van der Waals surface area contributed by atoms with Gasteiger partial charge in [-0.15, -0.1) is 0 Å². The van der Waals surface area contributed by atoms with E-state index >= 15 is 0 Å². The first-order valence-electron chi connectivity index (χ1n) is 30.8. The third-order valence-electron chi connectivity index (χ3n) is 13.4. The first-order valence-corrected chi connectivity index (χ1v) is 30.8. The largest absolute Gasteiger partial charge is 0.462 e. The molecule has 0 saturated heterocycles. The van der Waals surface area contributed by atoms with Gasteiger partial charge in [0.1, 0.15) is 6.61 Å². The van der Waals surface area contributed by atoms with Crippen molar-refractivity contribution < 1.29 is 24.2 Å². The standard InChI is InChI=1S/C67H116O5/c1-3-5-7-9-11-13-15-17-19-21-23-25-27-28-29-30-31-32-33-34-35-36-37-38-40-42-44-46-48-50-52-54-56-58-60-62-67(70)72-65(63-68)64-71-66(69)61-59-57-55-53-51-49-47-45-43-41-39-26-24-22-20-18-16-14-12-10-8-6-4-2/h5,7,11,13,17,19,23,25,28-29,31-32,34-35,37-38,65,68H,3-4,6,8-10,12,14-16,18,20-22,24,26-27,30,33,36,39-64H2,1-2H3/b7-5-,13-11-,19-17-,25-23-,29-28-,32-31-,35-34-,38-37-. The summed E-state index contributed by atoms with van der Waals surface area (Å²) in [5, 5.41) is 9.67. The molecular weight excluding hydrogens is 885 g/mol. The molecule has 5 nitrogen and oxygen atoms in total. The lowest BCUT2D eigenvalue weighted by Gasteiger charge is -2.15. The number of carbonyl (C=O) groups is 2. The molecule has 1 N–H and O–H groups in total. The summed E-state index contributed by atoms with van der Waals surface area (Å²) >= 11 is 0. The van der Waals surface area contributed by atoms with Crippen LogP contribution < -0.4 is 0 Å². The fourth-order valence-corrected chi connectivity index (χ4v) is 8.81. The number of hydrogen-bond donors (Lipinski definition) is 1. The van der Waals surface area contributed by atoms with Gasteiger partial charge in [0, 0.05) is 12.8 Å². The summed E-state index contributed by atoms with van der Waals surface area (Å²) in [6.45, 7) is 4.06. The lowest BCUT2D eigenvalue weighted by atomic mass is 10.0. The van der Waals surface area contributed by atoms with E-state index in [0.29, 0.717) is 12.8 Å². The fraction of sp³-hybridized carbons (Fsp3) is 0.731. The number of ether oxygens (including phenoxy) is 2. The summed E-state index contributed by atoms with van der Waals surface area (Å²) in [4.78, 5) is 24.6. The average Bonchev–Trinajstić information content (AvgIpc) is 3.38. The molecule has 0 aliphatic carbocycles. The molecular formula is C67H116O5. The van der Waals surface area contributed by atoms with Crippen LogP contribution in [0.2, 0.25) is 0 Å². The molecule has 0 radical (unpaired) electrons. The van der Waals surface area contributed by atoms with Gasteiger partial charge in [-0.05, 0) is 77.0 Å². The van der Waals surface area contributed by atoms with Crippen molar-refractivity contribution in [2.24, 2.45) is 0 Å². The molecule has 0 saturated carbocycles. The Morgan fingerprint density at radius 1 is 0.333 bits per heavy atom. The summed E-state index contributed by atoms with van der Waals surface area (Å²) in [7, 11) is 0. The zero-order valence-electron chi connectivity index (χ0n) is 47.4. The SMILES string of the molecule is CC/C=C\C/C=C\C/C=C\C/C=C\C/C=C\C/C=C\C/C=C\C/C=C\CCCCCCCCCCCCC(=O)OC(CO)COC(=O)CCCCCCCCCCCCCCCCCCCCCCCCC. The molecule has 414 valence electrons. The van der Waals surface area contributed by atoms with E-state index < -0.39 is 6.10 Å². The molecule has 0 aromatic heterocycles. The number of esters is 2. The first kappa shape index (κ1) is 68.8. The second-order valence-corrected chi connectivity index (χ2v) is 20.4. The highest BCUT2D eigenvalue weighted by Crippen LogP contribution is 2.17. The van der Waals surface area contributed by atoms with Gasteiger partial charge in [0.05, 0.1) is 6.61 Å². The predicted molar refractivity (Wildman–Crippen MR) is 316 cm³/mol. The van der Waals surface area contributed by atoms with Crippen LogP contribution in [-0.4, -0.2) is 36.4 Å². The molecule has 1 unspecified atom stereocenters. The van der Waals surface area contributed by atoms with Crippen molar-refractivity contribution in [3.8, 4) is 0 Å². The summed E-state index contributed by atoms with van der Waals surface area (Å²) in [5.41, 5.74) is 0. The average molecular weight is 1000 g/mol. The van der Waals surface area contributed by atoms with Crippen molar-refractivity contribution in [3.05, 3.63) is 97.2 Å². The zero-order valence-corrected chi connectivity index (χ0v) is 47.4. The Balaban J connectivity index is 3.52. The van der Waals surface area contributed by atoms with Crippen LogP contribution >= 0.6 is 0 Å². The Hall–Kier alpha value is -3.18. The van der Waals surface area contributed by atoms with Gasteiger partial charge in [-0.2, -0.15) is 0 Å². The Kier molecular flexibility index (Phi) is 59.4. The van der Waals surface area contributed by atoms with Crippen molar-refractivity contribution in [3.63, 3.8) is 0 Å². The number of unbranched alkanes of at least 4 members (excludes halogenated alkanes) is 32. The van der Waals surface area contributed by atoms with Gasteiger partial charge in [-0.1, -0.05) is 304 Å². The number of allylic oxidation sites excluding steroid dienone is 16. The maximum absolute atomic E-state index is 12.3. The third kappa shape index (κ3) is 59.4. The first-order chi connectivity index (χ1) is 35.6. The van der Waals surface area contributed by atoms with Gasteiger partial charge >= 0.3 is 11.9 Å². The van der Waals surface area contributed by atoms with E-state index in [9.17, 15) is 14.7 Å². The second kappa shape index (κ2) is 62.1. The highest BCUT2D eigenvalue weighted by Gasteiger charge is 2.16. The zero-order chi connectivity index (χ0) is 52.0. The van der Waals surface area contributed by atoms with Gasteiger partial charge < -0.3 is 14.6 Å². The second-order valence-electron chi connectivity index (χ2n) is 20.4. The Bertz CT molecular complexity index is 1360. The van der Waals surface area contributed by atoms with Gasteiger partial charge in [-0.3, -0.25) is 9.59 Å². The van der Waals surface area contributed by atoms with Crippen molar-refractivity contribution in [2.75, 3.05) is 13.2 Å². The van der Waals surface area contributed by atoms with E-state index in [1.807, 2.05) is 0 Å². The summed E-state index contributed by atoms with van der Waals surface area (Å²) < 4.78 is 10.7. The molecule has 0 heterocycles. The fourth-order valence-electron chi connectivity index (χ4n) is 8.81. The highest BCUT2D eigenvalue weighted by molar-refractivity contribution is 5.70. The Morgan fingerprint density at radius 3 is 0.903 bits per heavy atom. The maximum atomic E-state index is 12.3. The summed E-state index contributed by atoms with van der Waals surface area (Å²) in [6.07, 6.45) is 88.2. The minimum absolute atomic E-state index is 0.0679. The van der Waals surface area contributed by atoms with Crippen LogP contribution in [0.3, 0.4) is 0 Å². The van der Waals surface area contributed by atoms with E-state index in [0.717, 1.165) is 89.9 Å². The van der Waals surface area contributed by atoms with Crippen molar-refractivity contribution in [1.82, 2.24) is 0 Å². The van der Waals surface area contributed by atoms with Crippen LogP contribution in [0.15, 0.2) is 97.2 Å². The topological polar surface area (TPSA) is 72.8 Å². The predicted octanol–water partition coefficient (Wildman–Crippen LogP) is 21.1. The molecule has 0 aliphatic rings. The van der Waals surface area contributed by atoms with Crippen LogP contribution in [0, 0.1) is 0 Å². The molecule has 0 fully saturated rings.